The van der Waals surface area contributed by atoms with E-state index in [9.17, 15) is 9.00 Å². The molecule has 6 heteroatoms. The van der Waals surface area contributed by atoms with Gasteiger partial charge >= 0.3 is 6.03 Å². The fourth-order valence-electron chi connectivity index (χ4n) is 2.16. The minimum Gasteiger partial charge on any atom is -0.377 e. The Kier molecular flexibility index (Phi) is 6.52. The van der Waals surface area contributed by atoms with E-state index in [0.29, 0.717) is 12.2 Å². The quantitative estimate of drug-likeness (QED) is 0.842. The van der Waals surface area contributed by atoms with Crippen molar-refractivity contribution in [3.8, 4) is 0 Å². The lowest BCUT2D eigenvalue weighted by molar-refractivity contribution is 0.119. The number of urea groups is 1. The standard InChI is InChI=1S/C18H22N2O3S/c1-13(23-2)15-5-4-6-16(11-15)20-18(21)19-12-14-7-9-17(10-8-14)24(3)22/h4-11,13H,12H2,1-3H3,(H2,19,20,21). The van der Waals surface area contributed by atoms with Gasteiger partial charge in [-0.25, -0.2) is 4.79 Å². The van der Waals surface area contributed by atoms with Gasteiger partial charge in [0.25, 0.3) is 0 Å². The van der Waals surface area contributed by atoms with Crippen molar-refractivity contribution in [1.29, 1.82) is 0 Å². The highest BCUT2D eigenvalue weighted by Gasteiger charge is 2.06. The Hall–Kier alpha value is -2.18. The molecule has 0 aliphatic rings. The third-order valence-electron chi connectivity index (χ3n) is 3.68. The van der Waals surface area contributed by atoms with Crippen LogP contribution in [0.15, 0.2) is 53.4 Å². The Morgan fingerprint density at radius 1 is 1.21 bits per heavy atom. The Morgan fingerprint density at radius 2 is 1.92 bits per heavy atom. The van der Waals surface area contributed by atoms with E-state index < -0.39 is 10.8 Å². The maximum absolute atomic E-state index is 12.0. The van der Waals surface area contributed by atoms with Gasteiger partial charge in [0.2, 0.25) is 0 Å². The number of anilines is 1. The van der Waals surface area contributed by atoms with E-state index in [1.807, 2.05) is 43.3 Å². The van der Waals surface area contributed by atoms with Gasteiger partial charge in [0, 0.05) is 41.3 Å². The van der Waals surface area contributed by atoms with Crippen molar-refractivity contribution >= 4 is 22.5 Å². The van der Waals surface area contributed by atoms with Crippen LogP contribution in [0.25, 0.3) is 0 Å². The predicted molar refractivity (Wildman–Crippen MR) is 96.5 cm³/mol. The van der Waals surface area contributed by atoms with E-state index >= 15 is 0 Å². The van der Waals surface area contributed by atoms with Crippen LogP contribution in [0.4, 0.5) is 10.5 Å². The van der Waals surface area contributed by atoms with Gasteiger partial charge in [-0.2, -0.15) is 0 Å². The Balaban J connectivity index is 1.90. The zero-order chi connectivity index (χ0) is 17.5. The predicted octanol–water partition coefficient (Wildman–Crippen LogP) is 3.45. The summed E-state index contributed by atoms with van der Waals surface area (Å²) in [6.45, 7) is 2.35. The van der Waals surface area contributed by atoms with Crippen LogP contribution in [0.2, 0.25) is 0 Å². The van der Waals surface area contributed by atoms with Crippen LogP contribution < -0.4 is 10.6 Å². The number of carbonyl (C=O) groups is 1. The number of methoxy groups -OCH3 is 1. The normalized spacial score (nSPS) is 13.1. The number of benzene rings is 2. The third kappa shape index (κ3) is 5.18. The maximum atomic E-state index is 12.0. The molecule has 24 heavy (non-hydrogen) atoms. The molecule has 2 aromatic carbocycles. The number of hydrogen-bond acceptors (Lipinski definition) is 3. The Morgan fingerprint density at radius 3 is 2.54 bits per heavy atom. The lowest BCUT2D eigenvalue weighted by atomic mass is 10.1. The fourth-order valence-corrected chi connectivity index (χ4v) is 2.68. The summed E-state index contributed by atoms with van der Waals surface area (Å²) < 4.78 is 16.6. The molecule has 0 heterocycles. The summed E-state index contributed by atoms with van der Waals surface area (Å²) in [5.41, 5.74) is 2.66. The second kappa shape index (κ2) is 8.61. The average molecular weight is 346 g/mol. The molecule has 128 valence electrons. The van der Waals surface area contributed by atoms with Crippen molar-refractivity contribution in [1.82, 2.24) is 5.32 Å². The second-order valence-corrected chi connectivity index (χ2v) is 6.79. The van der Waals surface area contributed by atoms with Crippen LogP contribution in [-0.2, 0) is 22.1 Å². The summed E-state index contributed by atoms with van der Waals surface area (Å²) >= 11 is 0. The summed E-state index contributed by atoms with van der Waals surface area (Å²) in [6.07, 6.45) is 1.61. The molecule has 0 saturated heterocycles. The third-order valence-corrected chi connectivity index (χ3v) is 4.61. The lowest BCUT2D eigenvalue weighted by Gasteiger charge is -2.12. The van der Waals surface area contributed by atoms with E-state index in [-0.39, 0.29) is 12.1 Å². The topological polar surface area (TPSA) is 67.4 Å². The van der Waals surface area contributed by atoms with Crippen molar-refractivity contribution < 1.29 is 13.7 Å². The average Bonchev–Trinajstić information content (AvgIpc) is 2.59. The molecular weight excluding hydrogens is 324 g/mol. The number of hydrogen-bond donors (Lipinski definition) is 2. The van der Waals surface area contributed by atoms with E-state index in [1.165, 1.54) is 0 Å². The van der Waals surface area contributed by atoms with Gasteiger partial charge in [-0.15, -0.1) is 0 Å². The Bertz CT molecular complexity index is 716. The van der Waals surface area contributed by atoms with Crippen molar-refractivity contribution in [2.75, 3.05) is 18.7 Å². The van der Waals surface area contributed by atoms with Gasteiger partial charge < -0.3 is 15.4 Å². The van der Waals surface area contributed by atoms with Crippen molar-refractivity contribution in [3.05, 3.63) is 59.7 Å². The van der Waals surface area contributed by atoms with E-state index in [4.69, 9.17) is 4.74 Å². The van der Waals surface area contributed by atoms with Gasteiger partial charge in [-0.05, 0) is 42.3 Å². The molecule has 2 rings (SSSR count). The molecule has 2 atom stereocenters. The van der Waals surface area contributed by atoms with E-state index in [1.54, 1.807) is 25.5 Å². The first-order chi connectivity index (χ1) is 11.5. The molecule has 0 saturated carbocycles. The van der Waals surface area contributed by atoms with Gasteiger partial charge in [-0.3, -0.25) is 4.21 Å². The van der Waals surface area contributed by atoms with Crippen LogP contribution in [0, 0.1) is 0 Å². The summed E-state index contributed by atoms with van der Waals surface area (Å²) in [7, 11) is 0.656. The molecule has 2 unspecified atom stereocenters. The number of rotatable bonds is 6. The van der Waals surface area contributed by atoms with Gasteiger partial charge in [0.1, 0.15) is 0 Å². The molecule has 0 spiro atoms. The highest BCUT2D eigenvalue weighted by molar-refractivity contribution is 7.84. The molecular formula is C18H22N2O3S. The molecule has 0 fully saturated rings. The summed E-state index contributed by atoms with van der Waals surface area (Å²) in [6, 6.07) is 14.6. The van der Waals surface area contributed by atoms with E-state index in [0.717, 1.165) is 16.0 Å². The van der Waals surface area contributed by atoms with Crippen LogP contribution in [0.3, 0.4) is 0 Å². The summed E-state index contributed by atoms with van der Waals surface area (Å²) in [4.78, 5) is 12.8. The van der Waals surface area contributed by atoms with Gasteiger partial charge in [-0.1, -0.05) is 24.3 Å². The number of ether oxygens (including phenoxy) is 1. The molecule has 0 radical (unpaired) electrons. The smallest absolute Gasteiger partial charge is 0.319 e. The van der Waals surface area contributed by atoms with Crippen LogP contribution in [0.1, 0.15) is 24.2 Å². The van der Waals surface area contributed by atoms with Gasteiger partial charge in [0.05, 0.1) is 6.10 Å². The lowest BCUT2D eigenvalue weighted by Crippen LogP contribution is -2.28. The molecule has 0 aromatic heterocycles. The molecule has 0 aliphatic heterocycles. The highest BCUT2D eigenvalue weighted by Crippen LogP contribution is 2.19. The van der Waals surface area contributed by atoms with Crippen LogP contribution >= 0.6 is 0 Å². The first kappa shape index (κ1) is 18.2. The number of amides is 2. The zero-order valence-corrected chi connectivity index (χ0v) is 14.9. The molecule has 2 amide bonds. The zero-order valence-electron chi connectivity index (χ0n) is 14.0. The Labute approximate surface area is 144 Å². The van der Waals surface area contributed by atoms with Gasteiger partial charge in [0.15, 0.2) is 0 Å². The van der Waals surface area contributed by atoms with Crippen molar-refractivity contribution in [2.45, 2.75) is 24.5 Å². The minimum absolute atomic E-state index is 0.0301. The molecule has 0 bridgehead atoms. The first-order valence-electron chi connectivity index (χ1n) is 7.59. The summed E-state index contributed by atoms with van der Waals surface area (Å²) in [5, 5.41) is 5.61. The number of carbonyl (C=O) groups excluding carboxylic acids is 1. The second-order valence-electron chi connectivity index (χ2n) is 5.41. The van der Waals surface area contributed by atoms with Crippen LogP contribution in [0.5, 0.6) is 0 Å². The largest absolute Gasteiger partial charge is 0.377 e. The van der Waals surface area contributed by atoms with Crippen molar-refractivity contribution in [3.63, 3.8) is 0 Å². The minimum atomic E-state index is -0.994. The molecule has 0 aliphatic carbocycles. The first-order valence-corrected chi connectivity index (χ1v) is 9.15. The SMILES string of the molecule is COC(C)c1cccc(NC(=O)NCc2ccc(S(C)=O)cc2)c1. The van der Waals surface area contributed by atoms with E-state index in [2.05, 4.69) is 10.6 Å². The molecule has 5 nitrogen and oxygen atoms in total. The summed E-state index contributed by atoms with van der Waals surface area (Å²) in [5.74, 6) is 0. The fraction of sp³-hybridized carbons (Fsp3) is 0.278. The monoisotopic (exact) mass is 346 g/mol. The molecule has 2 aromatic rings. The van der Waals surface area contributed by atoms with Crippen molar-refractivity contribution in [2.24, 2.45) is 0 Å². The molecule has 2 N–H and O–H groups in total. The van der Waals surface area contributed by atoms with Crippen LogP contribution in [-0.4, -0.2) is 23.6 Å². The maximum Gasteiger partial charge on any atom is 0.319 e. The highest BCUT2D eigenvalue weighted by atomic mass is 32.2. The number of nitrogens with one attached hydrogen (secondary N) is 2.